The first-order valence-electron chi connectivity index (χ1n) is 13.4. The molecule has 2 heterocycles. The van der Waals surface area contributed by atoms with E-state index in [0.29, 0.717) is 31.6 Å². The highest BCUT2D eigenvalue weighted by Gasteiger charge is 2.59. The summed E-state index contributed by atoms with van der Waals surface area (Å²) in [6, 6.07) is 12.9. The molecule has 0 radical (unpaired) electrons. The summed E-state index contributed by atoms with van der Waals surface area (Å²) < 4.78 is 0. The molecule has 8 nitrogen and oxygen atoms in total. The fourth-order valence-electron chi connectivity index (χ4n) is 5.58. The molecule has 0 bridgehead atoms. The van der Waals surface area contributed by atoms with Crippen LogP contribution in [0.15, 0.2) is 42.5 Å². The molecule has 2 fully saturated rings. The molecule has 1 spiro atoms. The van der Waals surface area contributed by atoms with Gasteiger partial charge in [0.15, 0.2) is 0 Å². The van der Waals surface area contributed by atoms with Crippen LogP contribution in [-0.4, -0.2) is 58.7 Å². The number of rotatable bonds is 6. The number of anilines is 2. The van der Waals surface area contributed by atoms with Crippen LogP contribution in [0.4, 0.5) is 16.2 Å². The standard InChI is InChI=1S/C30H38N4O4/c1-19(2)24-8-7-9-25(20(3)4)27(24)31-26(36)18-33-28(37)30(14-16-32(17-15-30)22(6)35)34(29(33)38)23-12-10-21(5)11-13-23/h7-13,19-20H,14-18H2,1-6H3,(H,31,36). The number of benzene rings is 2. The number of hydrogen-bond acceptors (Lipinski definition) is 4. The van der Waals surface area contributed by atoms with Gasteiger partial charge in [0.1, 0.15) is 12.1 Å². The Balaban J connectivity index is 1.65. The minimum Gasteiger partial charge on any atom is -0.343 e. The molecule has 0 aliphatic carbocycles. The smallest absolute Gasteiger partial charge is 0.332 e. The van der Waals surface area contributed by atoms with Gasteiger partial charge < -0.3 is 10.2 Å². The third-order valence-corrected chi connectivity index (χ3v) is 7.76. The van der Waals surface area contributed by atoms with E-state index in [2.05, 4.69) is 33.0 Å². The lowest BCUT2D eigenvalue weighted by atomic mass is 9.85. The second-order valence-electron chi connectivity index (χ2n) is 11.1. The molecule has 4 rings (SSSR count). The Bertz CT molecular complexity index is 1220. The maximum absolute atomic E-state index is 13.9. The average molecular weight is 519 g/mol. The lowest BCUT2D eigenvalue weighted by Crippen LogP contribution is -2.57. The van der Waals surface area contributed by atoms with E-state index < -0.39 is 17.5 Å². The molecular formula is C30H38N4O4. The van der Waals surface area contributed by atoms with E-state index in [0.717, 1.165) is 27.3 Å². The number of amides is 5. The van der Waals surface area contributed by atoms with Crippen molar-refractivity contribution in [1.82, 2.24) is 9.80 Å². The van der Waals surface area contributed by atoms with Crippen molar-refractivity contribution in [2.75, 3.05) is 29.9 Å². The van der Waals surface area contributed by atoms with Crippen molar-refractivity contribution in [3.05, 3.63) is 59.2 Å². The van der Waals surface area contributed by atoms with Crippen LogP contribution in [0, 0.1) is 6.92 Å². The van der Waals surface area contributed by atoms with Gasteiger partial charge in [0.2, 0.25) is 11.8 Å². The van der Waals surface area contributed by atoms with E-state index in [1.54, 1.807) is 9.80 Å². The first-order chi connectivity index (χ1) is 18.0. The van der Waals surface area contributed by atoms with Crippen molar-refractivity contribution in [1.29, 1.82) is 0 Å². The van der Waals surface area contributed by atoms with Gasteiger partial charge in [-0.15, -0.1) is 0 Å². The zero-order chi connectivity index (χ0) is 27.8. The maximum Gasteiger partial charge on any atom is 0.332 e. The minimum atomic E-state index is -1.13. The average Bonchev–Trinajstić information content (AvgIpc) is 3.05. The normalized spacial score (nSPS) is 17.2. The summed E-state index contributed by atoms with van der Waals surface area (Å²) >= 11 is 0. The number of para-hydroxylation sites is 1. The molecule has 1 N–H and O–H groups in total. The number of urea groups is 1. The van der Waals surface area contributed by atoms with Crippen molar-refractivity contribution in [3.8, 4) is 0 Å². The van der Waals surface area contributed by atoms with Crippen molar-refractivity contribution in [2.24, 2.45) is 0 Å². The number of hydrogen-bond donors (Lipinski definition) is 1. The Morgan fingerprint density at radius 1 is 0.921 bits per heavy atom. The summed E-state index contributed by atoms with van der Waals surface area (Å²) in [4.78, 5) is 57.4. The Labute approximate surface area is 225 Å². The second kappa shape index (κ2) is 10.6. The van der Waals surface area contributed by atoms with Crippen LogP contribution in [0.5, 0.6) is 0 Å². The quantitative estimate of drug-likeness (QED) is 0.543. The fraction of sp³-hybridized carbons (Fsp3) is 0.467. The van der Waals surface area contributed by atoms with Crippen LogP contribution in [0.3, 0.4) is 0 Å². The van der Waals surface area contributed by atoms with Gasteiger partial charge in [-0.2, -0.15) is 0 Å². The monoisotopic (exact) mass is 518 g/mol. The molecular weight excluding hydrogens is 480 g/mol. The number of nitrogens with one attached hydrogen (secondary N) is 1. The zero-order valence-corrected chi connectivity index (χ0v) is 23.2. The van der Waals surface area contributed by atoms with E-state index in [4.69, 9.17) is 0 Å². The lowest BCUT2D eigenvalue weighted by molar-refractivity contribution is -0.137. The maximum atomic E-state index is 13.9. The summed E-state index contributed by atoms with van der Waals surface area (Å²) in [5, 5.41) is 3.03. The molecule has 2 saturated heterocycles. The molecule has 2 aliphatic rings. The predicted molar refractivity (Wildman–Crippen MR) is 148 cm³/mol. The molecule has 2 aliphatic heterocycles. The van der Waals surface area contributed by atoms with Gasteiger partial charge in [-0.05, 0) is 54.9 Å². The van der Waals surface area contributed by atoms with Gasteiger partial charge in [-0.25, -0.2) is 4.79 Å². The fourth-order valence-corrected chi connectivity index (χ4v) is 5.58. The summed E-state index contributed by atoms with van der Waals surface area (Å²) in [5.74, 6) is -0.484. The summed E-state index contributed by atoms with van der Waals surface area (Å²) in [7, 11) is 0. The Kier molecular flexibility index (Phi) is 7.63. The van der Waals surface area contributed by atoms with Crippen LogP contribution < -0.4 is 10.2 Å². The van der Waals surface area contributed by atoms with Crippen LogP contribution in [0.1, 0.15) is 76.0 Å². The Hall–Kier alpha value is -3.68. The highest BCUT2D eigenvalue weighted by Crippen LogP contribution is 2.41. The van der Waals surface area contributed by atoms with Gasteiger partial charge in [0.25, 0.3) is 5.91 Å². The lowest BCUT2D eigenvalue weighted by Gasteiger charge is -2.41. The number of carbonyl (C=O) groups excluding carboxylic acids is 4. The zero-order valence-electron chi connectivity index (χ0n) is 23.2. The first-order valence-corrected chi connectivity index (χ1v) is 13.4. The highest BCUT2D eigenvalue weighted by atomic mass is 16.2. The number of nitrogens with zero attached hydrogens (tertiary/aromatic N) is 3. The topological polar surface area (TPSA) is 90.0 Å². The van der Waals surface area contributed by atoms with Crippen LogP contribution in [-0.2, 0) is 14.4 Å². The third kappa shape index (κ3) is 4.91. The first kappa shape index (κ1) is 27.4. The van der Waals surface area contributed by atoms with E-state index in [-0.39, 0.29) is 30.2 Å². The molecule has 0 aromatic heterocycles. The van der Waals surface area contributed by atoms with Crippen molar-refractivity contribution in [2.45, 2.75) is 71.8 Å². The van der Waals surface area contributed by atoms with Crippen molar-refractivity contribution in [3.63, 3.8) is 0 Å². The van der Waals surface area contributed by atoms with Gasteiger partial charge in [-0.1, -0.05) is 63.6 Å². The molecule has 8 heteroatoms. The van der Waals surface area contributed by atoms with Crippen molar-refractivity contribution >= 4 is 35.1 Å². The van der Waals surface area contributed by atoms with E-state index in [1.165, 1.54) is 6.92 Å². The number of imide groups is 1. The highest BCUT2D eigenvalue weighted by molar-refractivity contribution is 6.18. The summed E-state index contributed by atoms with van der Waals surface area (Å²) in [5.41, 5.74) is 3.29. The van der Waals surface area contributed by atoms with Crippen molar-refractivity contribution < 1.29 is 19.2 Å². The SMILES string of the molecule is CC(=O)N1CCC2(CC1)C(=O)N(CC(=O)Nc1c(C(C)C)cccc1C(C)C)C(=O)N2c1ccc(C)cc1. The largest absolute Gasteiger partial charge is 0.343 e. The van der Waals surface area contributed by atoms with Gasteiger partial charge in [0, 0.05) is 31.4 Å². The minimum absolute atomic E-state index is 0.0560. The molecule has 5 amide bonds. The number of likely N-dealkylation sites (tertiary alicyclic amines) is 1. The van der Waals surface area contributed by atoms with E-state index in [1.807, 2.05) is 49.4 Å². The second-order valence-corrected chi connectivity index (χ2v) is 11.1. The van der Waals surface area contributed by atoms with Gasteiger partial charge in [0.05, 0.1) is 0 Å². The molecule has 2 aromatic rings. The Morgan fingerprint density at radius 3 is 1.97 bits per heavy atom. The molecule has 38 heavy (non-hydrogen) atoms. The van der Waals surface area contributed by atoms with Gasteiger partial charge in [-0.3, -0.25) is 24.2 Å². The number of aryl methyl sites for hydroxylation is 1. The molecule has 0 atom stereocenters. The van der Waals surface area contributed by atoms with Crippen LogP contribution >= 0.6 is 0 Å². The molecule has 202 valence electrons. The van der Waals surface area contributed by atoms with E-state index in [9.17, 15) is 19.2 Å². The Morgan fingerprint density at radius 2 is 1.47 bits per heavy atom. The number of piperidine rings is 1. The third-order valence-electron chi connectivity index (χ3n) is 7.76. The van der Waals surface area contributed by atoms with Crippen LogP contribution in [0.25, 0.3) is 0 Å². The molecule has 0 saturated carbocycles. The van der Waals surface area contributed by atoms with Gasteiger partial charge >= 0.3 is 6.03 Å². The molecule has 0 unspecified atom stereocenters. The van der Waals surface area contributed by atoms with E-state index >= 15 is 0 Å². The summed E-state index contributed by atoms with van der Waals surface area (Å²) in [6.45, 7) is 12.1. The summed E-state index contributed by atoms with van der Waals surface area (Å²) in [6.07, 6.45) is 0.633. The number of carbonyl (C=O) groups is 4. The predicted octanol–water partition coefficient (Wildman–Crippen LogP) is 5.03. The molecule has 2 aromatic carbocycles. The van der Waals surface area contributed by atoms with Crippen LogP contribution in [0.2, 0.25) is 0 Å².